The minimum Gasteiger partial charge on any atom is -0.375 e. The zero-order valence-corrected chi connectivity index (χ0v) is 8.33. The monoisotopic (exact) mass is 184 g/mol. The minimum absolute atomic E-state index is 0.0323. The first kappa shape index (κ1) is 10.2. The van der Waals surface area contributed by atoms with Gasteiger partial charge in [-0.05, 0) is 26.9 Å². The van der Waals surface area contributed by atoms with Crippen LogP contribution in [0.5, 0.6) is 0 Å². The highest BCUT2D eigenvalue weighted by atomic mass is 16.5. The molecule has 4 heteroatoms. The Kier molecular flexibility index (Phi) is 3.92. The van der Waals surface area contributed by atoms with E-state index in [4.69, 9.17) is 9.26 Å². The molecule has 1 N–H and O–H groups in total. The van der Waals surface area contributed by atoms with Crippen LogP contribution in [0.15, 0.2) is 10.6 Å². The summed E-state index contributed by atoms with van der Waals surface area (Å²) in [6.45, 7) is 2.78. The summed E-state index contributed by atoms with van der Waals surface area (Å²) in [6.07, 6.45) is 0.934. The number of nitrogens with zero attached hydrogens (tertiary/aromatic N) is 1. The van der Waals surface area contributed by atoms with Gasteiger partial charge >= 0.3 is 0 Å². The molecular weight excluding hydrogens is 168 g/mol. The van der Waals surface area contributed by atoms with Crippen molar-refractivity contribution in [3.8, 4) is 0 Å². The molecule has 1 rings (SSSR count). The van der Waals surface area contributed by atoms with Crippen molar-refractivity contribution in [2.24, 2.45) is 0 Å². The van der Waals surface area contributed by atoms with E-state index in [9.17, 15) is 0 Å². The number of ether oxygens (including phenoxy) is 1. The highest BCUT2D eigenvalue weighted by molar-refractivity contribution is 5.06. The fourth-order valence-electron chi connectivity index (χ4n) is 1.20. The summed E-state index contributed by atoms with van der Waals surface area (Å²) < 4.78 is 10.3. The number of nitrogens with one attached hydrogen (secondary N) is 1. The average Bonchev–Trinajstić information content (AvgIpc) is 2.54. The van der Waals surface area contributed by atoms with Gasteiger partial charge < -0.3 is 14.6 Å². The lowest BCUT2D eigenvalue weighted by Gasteiger charge is -2.10. The van der Waals surface area contributed by atoms with Crippen molar-refractivity contribution < 1.29 is 9.26 Å². The van der Waals surface area contributed by atoms with Gasteiger partial charge in [0.25, 0.3) is 0 Å². The van der Waals surface area contributed by atoms with Crippen LogP contribution in [0.3, 0.4) is 0 Å². The molecule has 1 atom stereocenters. The van der Waals surface area contributed by atoms with Crippen LogP contribution in [0.1, 0.15) is 24.0 Å². The van der Waals surface area contributed by atoms with Gasteiger partial charge in [0.15, 0.2) is 0 Å². The van der Waals surface area contributed by atoms with Gasteiger partial charge in [-0.3, -0.25) is 0 Å². The van der Waals surface area contributed by atoms with Crippen LogP contribution < -0.4 is 5.32 Å². The first-order valence-electron chi connectivity index (χ1n) is 4.38. The van der Waals surface area contributed by atoms with E-state index < -0.39 is 0 Å². The lowest BCUT2D eigenvalue weighted by Crippen LogP contribution is -2.13. The maximum Gasteiger partial charge on any atom is 0.134 e. The number of hydrogen-bond donors (Lipinski definition) is 1. The van der Waals surface area contributed by atoms with Crippen molar-refractivity contribution in [2.45, 2.75) is 19.4 Å². The van der Waals surface area contributed by atoms with E-state index in [1.165, 1.54) is 0 Å². The number of methoxy groups -OCH3 is 1. The number of aromatic nitrogens is 1. The molecule has 0 saturated carbocycles. The smallest absolute Gasteiger partial charge is 0.134 e. The van der Waals surface area contributed by atoms with Gasteiger partial charge in [0.05, 0.1) is 0 Å². The maximum absolute atomic E-state index is 5.29. The normalized spacial score (nSPS) is 13.2. The van der Waals surface area contributed by atoms with Gasteiger partial charge in [-0.15, -0.1) is 0 Å². The molecular formula is C9H16N2O2. The quantitative estimate of drug-likeness (QED) is 0.748. The van der Waals surface area contributed by atoms with Gasteiger partial charge in [0.1, 0.15) is 17.6 Å². The van der Waals surface area contributed by atoms with E-state index >= 15 is 0 Å². The van der Waals surface area contributed by atoms with Crippen molar-refractivity contribution >= 4 is 0 Å². The Morgan fingerprint density at radius 3 is 2.92 bits per heavy atom. The molecule has 0 aromatic carbocycles. The summed E-state index contributed by atoms with van der Waals surface area (Å²) in [4.78, 5) is 0. The first-order chi connectivity index (χ1) is 6.27. The van der Waals surface area contributed by atoms with Crippen LogP contribution in [0, 0.1) is 6.92 Å². The Balaban J connectivity index is 2.56. The Morgan fingerprint density at radius 2 is 2.46 bits per heavy atom. The van der Waals surface area contributed by atoms with Crippen LogP contribution in [0.25, 0.3) is 0 Å². The maximum atomic E-state index is 5.29. The highest BCUT2D eigenvalue weighted by Crippen LogP contribution is 2.19. The zero-order chi connectivity index (χ0) is 9.68. The Labute approximate surface area is 78.2 Å². The predicted octanol–water partition coefficient (Wildman–Crippen LogP) is 1.28. The third-order valence-electron chi connectivity index (χ3n) is 1.92. The fraction of sp³-hybridized carbons (Fsp3) is 0.667. The van der Waals surface area contributed by atoms with E-state index in [2.05, 4.69) is 10.5 Å². The summed E-state index contributed by atoms with van der Waals surface area (Å²) in [5.41, 5.74) is 0.871. The molecule has 0 amide bonds. The zero-order valence-electron chi connectivity index (χ0n) is 8.33. The molecule has 74 valence electrons. The molecule has 0 fully saturated rings. The van der Waals surface area contributed by atoms with E-state index in [1.54, 1.807) is 7.11 Å². The Bertz CT molecular complexity index is 248. The lowest BCUT2D eigenvalue weighted by molar-refractivity contribution is 0.0895. The summed E-state index contributed by atoms with van der Waals surface area (Å²) in [6, 6.07) is 1.91. The number of rotatable bonds is 5. The number of aryl methyl sites for hydroxylation is 1. The third-order valence-corrected chi connectivity index (χ3v) is 1.92. The molecule has 0 spiro atoms. The van der Waals surface area contributed by atoms with Crippen molar-refractivity contribution in [1.82, 2.24) is 10.5 Å². The molecule has 0 bridgehead atoms. The SMILES string of the molecule is CNCCC(OC)c1cc(C)on1. The van der Waals surface area contributed by atoms with Gasteiger partial charge in [-0.2, -0.15) is 0 Å². The summed E-state index contributed by atoms with van der Waals surface area (Å²) >= 11 is 0. The second-order valence-corrected chi connectivity index (χ2v) is 2.98. The molecule has 13 heavy (non-hydrogen) atoms. The molecule has 1 aromatic rings. The van der Waals surface area contributed by atoms with E-state index in [0.717, 1.165) is 24.4 Å². The minimum atomic E-state index is 0.0323. The third kappa shape index (κ3) is 2.82. The Morgan fingerprint density at radius 1 is 1.69 bits per heavy atom. The van der Waals surface area contributed by atoms with Crippen LogP contribution in [-0.4, -0.2) is 25.9 Å². The molecule has 0 saturated heterocycles. The van der Waals surface area contributed by atoms with Gasteiger partial charge in [0.2, 0.25) is 0 Å². The van der Waals surface area contributed by atoms with Crippen molar-refractivity contribution in [3.63, 3.8) is 0 Å². The van der Waals surface area contributed by atoms with E-state index in [1.807, 2.05) is 20.0 Å². The van der Waals surface area contributed by atoms with E-state index in [-0.39, 0.29) is 6.10 Å². The molecule has 4 nitrogen and oxygen atoms in total. The molecule has 0 aliphatic rings. The van der Waals surface area contributed by atoms with Crippen molar-refractivity contribution in [1.29, 1.82) is 0 Å². The largest absolute Gasteiger partial charge is 0.375 e. The Hall–Kier alpha value is -0.870. The molecule has 0 aliphatic heterocycles. The highest BCUT2D eigenvalue weighted by Gasteiger charge is 2.13. The summed E-state index contributed by atoms with van der Waals surface area (Å²) in [5.74, 6) is 0.821. The van der Waals surface area contributed by atoms with Crippen LogP contribution in [-0.2, 0) is 4.74 Å². The lowest BCUT2D eigenvalue weighted by atomic mass is 10.2. The molecule has 1 aromatic heterocycles. The van der Waals surface area contributed by atoms with E-state index in [0.29, 0.717) is 0 Å². The predicted molar refractivity (Wildman–Crippen MR) is 49.5 cm³/mol. The second-order valence-electron chi connectivity index (χ2n) is 2.98. The second kappa shape index (κ2) is 4.99. The van der Waals surface area contributed by atoms with Gasteiger partial charge in [0, 0.05) is 13.2 Å². The first-order valence-corrected chi connectivity index (χ1v) is 4.38. The van der Waals surface area contributed by atoms with Crippen molar-refractivity contribution in [3.05, 3.63) is 17.5 Å². The molecule has 0 aliphatic carbocycles. The van der Waals surface area contributed by atoms with Gasteiger partial charge in [-0.1, -0.05) is 5.16 Å². The summed E-state index contributed by atoms with van der Waals surface area (Å²) in [5, 5.41) is 6.98. The van der Waals surface area contributed by atoms with Crippen molar-refractivity contribution in [2.75, 3.05) is 20.7 Å². The van der Waals surface area contributed by atoms with Crippen LogP contribution in [0.4, 0.5) is 0 Å². The van der Waals surface area contributed by atoms with Gasteiger partial charge in [-0.25, -0.2) is 0 Å². The molecule has 0 radical (unpaired) electrons. The number of hydrogen-bond acceptors (Lipinski definition) is 4. The average molecular weight is 184 g/mol. The van der Waals surface area contributed by atoms with Crippen LogP contribution >= 0.6 is 0 Å². The molecule has 1 heterocycles. The molecule has 1 unspecified atom stereocenters. The standard InChI is InChI=1S/C9H16N2O2/c1-7-6-8(11-13-7)9(12-3)4-5-10-2/h6,9-10H,4-5H2,1-3H3. The fourth-order valence-corrected chi connectivity index (χ4v) is 1.20. The summed E-state index contributed by atoms with van der Waals surface area (Å²) in [7, 11) is 3.60. The topological polar surface area (TPSA) is 47.3 Å². The van der Waals surface area contributed by atoms with Crippen LogP contribution in [0.2, 0.25) is 0 Å².